The van der Waals surface area contributed by atoms with Crippen LogP contribution in [0.2, 0.25) is 0 Å². The van der Waals surface area contributed by atoms with Crippen LogP contribution in [0.4, 0.5) is 10.1 Å². The number of carbonyl (C=O) groups is 1. The average Bonchev–Trinajstić information content (AvgIpc) is 3.05. The third kappa shape index (κ3) is 6.86. The standard InChI is InChI=1S/C12H19N3S.C9H9FN2.CH3NO/c1-7-5-9(6-8(2)14-7)11-4-3-10(13)12(16)15-11;1-6-3-8(10)9-11-7(2)5-12(9)4-6;2-1-3/h3-4,7-9,14H,5-6,13H2,1-2H3,(H,15,16);3-5H,1-2H3;1H,(H2,2,3). The van der Waals surface area contributed by atoms with E-state index in [0.717, 1.165) is 24.1 Å². The van der Waals surface area contributed by atoms with Crippen molar-refractivity contribution in [3.63, 3.8) is 0 Å². The number of amides is 1. The molecule has 31 heavy (non-hydrogen) atoms. The number of anilines is 1. The molecule has 2 atom stereocenters. The number of aryl methyl sites for hydroxylation is 2. The third-order valence-corrected chi connectivity index (χ3v) is 5.35. The first-order chi connectivity index (χ1) is 14.6. The SMILES string of the molecule is CC1CC(c2ccc(N)c(=S)[nH]2)CC(C)N1.Cc1cc(F)c2nc(C)cn2c1.NC=O. The number of nitrogens with two attached hydrogens (primary N) is 2. The first-order valence-corrected chi connectivity index (χ1v) is 10.6. The summed E-state index contributed by atoms with van der Waals surface area (Å²) >= 11 is 5.17. The highest BCUT2D eigenvalue weighted by atomic mass is 32.1. The smallest absolute Gasteiger partial charge is 0.204 e. The van der Waals surface area contributed by atoms with Crippen molar-refractivity contribution in [3.8, 4) is 0 Å². The summed E-state index contributed by atoms with van der Waals surface area (Å²) in [6.07, 6.45) is 6.23. The molecule has 0 aliphatic carbocycles. The molecule has 9 heteroatoms. The minimum Gasteiger partial charge on any atom is -0.396 e. The number of nitrogens with zero attached hydrogens (tertiary/aromatic N) is 2. The first-order valence-electron chi connectivity index (χ1n) is 10.2. The molecule has 1 aliphatic rings. The Hall–Kier alpha value is -2.78. The molecule has 4 heterocycles. The second kappa shape index (κ2) is 11.0. The van der Waals surface area contributed by atoms with Crippen LogP contribution in [0.1, 0.15) is 49.6 Å². The highest BCUT2D eigenvalue weighted by molar-refractivity contribution is 7.71. The lowest BCUT2D eigenvalue weighted by molar-refractivity contribution is -0.106. The predicted molar refractivity (Wildman–Crippen MR) is 125 cm³/mol. The zero-order valence-corrected chi connectivity index (χ0v) is 19.2. The molecule has 0 saturated carbocycles. The molecule has 1 saturated heterocycles. The predicted octanol–water partition coefficient (Wildman–Crippen LogP) is 3.76. The number of primary amides is 1. The molecule has 0 radical (unpaired) electrons. The molecule has 7 nitrogen and oxygen atoms in total. The molecular formula is C22H31FN6OS. The van der Waals surface area contributed by atoms with Crippen LogP contribution in [0.3, 0.4) is 0 Å². The highest BCUT2D eigenvalue weighted by Crippen LogP contribution is 2.29. The first kappa shape index (κ1) is 24.5. The molecular weight excluding hydrogens is 415 g/mol. The Bertz CT molecular complexity index is 1070. The summed E-state index contributed by atoms with van der Waals surface area (Å²) in [4.78, 5) is 15.9. The van der Waals surface area contributed by atoms with Gasteiger partial charge in [-0.3, -0.25) is 4.79 Å². The number of halogens is 1. The number of rotatable bonds is 1. The maximum absolute atomic E-state index is 13.2. The number of pyridine rings is 2. The molecule has 0 spiro atoms. The number of carbonyl (C=O) groups excluding carboxylic acids is 1. The van der Waals surface area contributed by atoms with Gasteiger partial charge >= 0.3 is 0 Å². The van der Waals surface area contributed by atoms with Crippen LogP contribution in [-0.4, -0.2) is 32.9 Å². The summed E-state index contributed by atoms with van der Waals surface area (Å²) in [6.45, 7) is 8.17. The van der Waals surface area contributed by atoms with Crippen molar-refractivity contribution in [2.24, 2.45) is 5.73 Å². The number of nitrogen functional groups attached to an aromatic ring is 1. The van der Waals surface area contributed by atoms with Crippen molar-refractivity contribution in [2.75, 3.05) is 5.73 Å². The van der Waals surface area contributed by atoms with Gasteiger partial charge in [-0.25, -0.2) is 9.37 Å². The number of hydrogen-bond donors (Lipinski definition) is 4. The fourth-order valence-electron chi connectivity index (χ4n) is 3.88. The Morgan fingerprint density at radius 3 is 2.42 bits per heavy atom. The number of imidazole rings is 1. The number of nitrogens with one attached hydrogen (secondary N) is 2. The topological polar surface area (TPSA) is 114 Å². The van der Waals surface area contributed by atoms with E-state index in [-0.39, 0.29) is 12.2 Å². The Morgan fingerprint density at radius 2 is 1.84 bits per heavy atom. The van der Waals surface area contributed by atoms with Gasteiger partial charge in [-0.15, -0.1) is 0 Å². The zero-order chi connectivity index (χ0) is 23.1. The molecule has 168 valence electrons. The van der Waals surface area contributed by atoms with Gasteiger partial charge < -0.3 is 26.2 Å². The van der Waals surface area contributed by atoms with Crippen LogP contribution >= 0.6 is 12.2 Å². The fourth-order valence-corrected chi connectivity index (χ4v) is 4.06. The van der Waals surface area contributed by atoms with E-state index in [9.17, 15) is 4.39 Å². The van der Waals surface area contributed by atoms with Crippen LogP contribution in [0, 0.1) is 24.3 Å². The lowest BCUT2D eigenvalue weighted by atomic mass is 9.86. The van der Waals surface area contributed by atoms with Gasteiger partial charge in [0.25, 0.3) is 0 Å². The fraction of sp³-hybridized carbons (Fsp3) is 0.409. The summed E-state index contributed by atoms with van der Waals surface area (Å²) in [7, 11) is 0. The summed E-state index contributed by atoms with van der Waals surface area (Å²) < 4.78 is 15.5. The number of hydrogen-bond acceptors (Lipinski definition) is 5. The van der Waals surface area contributed by atoms with Crippen LogP contribution < -0.4 is 16.8 Å². The lowest BCUT2D eigenvalue weighted by Gasteiger charge is -2.33. The van der Waals surface area contributed by atoms with Gasteiger partial charge in [0, 0.05) is 36.1 Å². The van der Waals surface area contributed by atoms with Crippen molar-refractivity contribution < 1.29 is 9.18 Å². The van der Waals surface area contributed by atoms with Crippen LogP contribution in [0.5, 0.6) is 0 Å². The molecule has 1 amide bonds. The number of aromatic nitrogens is 3. The van der Waals surface area contributed by atoms with Crippen molar-refractivity contribution in [2.45, 2.75) is 58.5 Å². The number of aromatic amines is 1. The molecule has 0 bridgehead atoms. The highest BCUT2D eigenvalue weighted by Gasteiger charge is 2.24. The average molecular weight is 447 g/mol. The largest absolute Gasteiger partial charge is 0.396 e. The van der Waals surface area contributed by atoms with Gasteiger partial charge in [0.1, 0.15) is 4.64 Å². The maximum Gasteiger partial charge on any atom is 0.204 e. The van der Waals surface area contributed by atoms with E-state index in [0.29, 0.717) is 34.0 Å². The van der Waals surface area contributed by atoms with Crippen molar-refractivity contribution in [1.82, 2.24) is 19.7 Å². The van der Waals surface area contributed by atoms with E-state index in [1.54, 1.807) is 4.40 Å². The molecule has 1 fully saturated rings. The van der Waals surface area contributed by atoms with E-state index in [1.165, 1.54) is 11.8 Å². The minimum absolute atomic E-state index is 0.250. The number of H-pyrrole nitrogens is 1. The Balaban J connectivity index is 0.000000201. The van der Waals surface area contributed by atoms with E-state index < -0.39 is 0 Å². The maximum atomic E-state index is 13.2. The van der Waals surface area contributed by atoms with Gasteiger partial charge in [0.05, 0.1) is 11.4 Å². The van der Waals surface area contributed by atoms with Crippen molar-refractivity contribution in [1.29, 1.82) is 0 Å². The Morgan fingerprint density at radius 1 is 1.23 bits per heavy atom. The van der Waals surface area contributed by atoms with Crippen LogP contribution in [0.25, 0.3) is 5.65 Å². The molecule has 4 rings (SSSR count). The summed E-state index contributed by atoms with van der Waals surface area (Å²) in [5, 5.41) is 3.54. The van der Waals surface area contributed by atoms with Gasteiger partial charge in [-0.05, 0) is 64.3 Å². The van der Waals surface area contributed by atoms with Crippen LogP contribution in [0.15, 0.2) is 30.6 Å². The molecule has 3 aromatic rings. The summed E-state index contributed by atoms with van der Waals surface area (Å²) in [5.74, 6) is 0.302. The normalized spacial score (nSPS) is 20.2. The van der Waals surface area contributed by atoms with Gasteiger partial charge in [0.15, 0.2) is 11.5 Å². The van der Waals surface area contributed by atoms with Crippen LogP contribution in [-0.2, 0) is 4.79 Å². The molecule has 1 aliphatic heterocycles. The second-order valence-electron chi connectivity index (χ2n) is 7.95. The van der Waals surface area contributed by atoms with E-state index in [4.69, 9.17) is 22.7 Å². The van der Waals surface area contributed by atoms with E-state index >= 15 is 0 Å². The van der Waals surface area contributed by atoms with Crippen molar-refractivity contribution >= 4 is 30.0 Å². The summed E-state index contributed by atoms with van der Waals surface area (Å²) in [6, 6.07) is 6.59. The zero-order valence-electron chi connectivity index (χ0n) is 18.4. The Kier molecular flexibility index (Phi) is 8.70. The summed E-state index contributed by atoms with van der Waals surface area (Å²) in [5.41, 5.74) is 13.9. The molecule has 6 N–H and O–H groups in total. The minimum atomic E-state index is -0.261. The molecule has 0 aromatic carbocycles. The van der Waals surface area contributed by atoms with E-state index in [1.807, 2.05) is 32.3 Å². The quantitative estimate of drug-likeness (QED) is 0.336. The second-order valence-corrected chi connectivity index (χ2v) is 8.36. The molecule has 2 unspecified atom stereocenters. The lowest BCUT2D eigenvalue weighted by Crippen LogP contribution is -2.41. The number of fused-ring (bicyclic) bond motifs is 1. The number of piperidine rings is 1. The van der Waals surface area contributed by atoms with Gasteiger partial charge in [-0.1, -0.05) is 12.2 Å². The van der Waals surface area contributed by atoms with E-state index in [2.05, 4.69) is 40.9 Å². The van der Waals surface area contributed by atoms with Gasteiger partial charge in [-0.2, -0.15) is 0 Å². The monoisotopic (exact) mass is 446 g/mol. The molecule has 3 aromatic heterocycles. The Labute approximate surface area is 187 Å². The van der Waals surface area contributed by atoms with Crippen molar-refractivity contribution in [3.05, 3.63) is 58.0 Å². The van der Waals surface area contributed by atoms with Gasteiger partial charge in [0.2, 0.25) is 6.41 Å². The third-order valence-electron chi connectivity index (χ3n) is 5.01.